The Morgan fingerprint density at radius 1 is 1.29 bits per heavy atom. The Kier molecular flexibility index (Phi) is 10.3. The summed E-state index contributed by atoms with van der Waals surface area (Å²) in [7, 11) is 0. The van der Waals surface area contributed by atoms with E-state index in [-0.39, 0.29) is 36.4 Å². The smallest absolute Gasteiger partial charge is 0.219 e. The molecule has 9 heteroatoms. The molecule has 1 amide bonds. The quantitative estimate of drug-likeness (QED) is 0.291. The normalized spacial score (nSPS) is 17.6. The number of aliphatic hydroxyl groups is 1. The summed E-state index contributed by atoms with van der Waals surface area (Å²) < 4.78 is 5.53. The molecule has 160 valence electrons. The van der Waals surface area contributed by atoms with Crippen molar-refractivity contribution in [3.05, 3.63) is 23.7 Å². The Labute approximate surface area is 184 Å². The number of nitrogens with one attached hydrogen (secondary N) is 2. The molecular weight excluding hydrogens is 473 g/mol. The van der Waals surface area contributed by atoms with Gasteiger partial charge in [0, 0.05) is 52.7 Å². The first-order valence-electron chi connectivity index (χ1n) is 9.61. The average molecular weight is 507 g/mol. The standard InChI is InChI=1S/C19H33N5O3.HI/c1-5-20-18(22-14-19(4,26)17-7-6-15(2)27-17)21-8-9-23-10-12-24(13-11-23)16(3)25;/h6-7,26H,5,8-14H2,1-4H3,(H2,20,21,22);1H. The highest BCUT2D eigenvalue weighted by Gasteiger charge is 2.26. The molecule has 1 unspecified atom stereocenters. The van der Waals surface area contributed by atoms with Crippen LogP contribution >= 0.6 is 24.0 Å². The third kappa shape index (κ3) is 7.59. The maximum atomic E-state index is 11.4. The van der Waals surface area contributed by atoms with Gasteiger partial charge in [-0.05, 0) is 32.9 Å². The molecule has 1 aliphatic rings. The van der Waals surface area contributed by atoms with Gasteiger partial charge in [-0.1, -0.05) is 0 Å². The van der Waals surface area contributed by atoms with Gasteiger partial charge in [-0.2, -0.15) is 0 Å². The van der Waals surface area contributed by atoms with Crippen LogP contribution in [0.25, 0.3) is 0 Å². The summed E-state index contributed by atoms with van der Waals surface area (Å²) in [6.45, 7) is 13.1. The molecule has 2 heterocycles. The maximum absolute atomic E-state index is 11.4. The summed E-state index contributed by atoms with van der Waals surface area (Å²) in [5.74, 6) is 2.10. The predicted octanol–water partition coefficient (Wildman–Crippen LogP) is 1.13. The van der Waals surface area contributed by atoms with E-state index in [0.717, 1.165) is 51.6 Å². The minimum absolute atomic E-state index is 0. The molecule has 8 nitrogen and oxygen atoms in total. The SMILES string of the molecule is CCNC(=NCC(C)(O)c1ccc(C)o1)NCCN1CCN(C(C)=O)CC1.I. The molecule has 1 fully saturated rings. The molecule has 0 bridgehead atoms. The molecule has 1 atom stereocenters. The zero-order valence-electron chi connectivity index (χ0n) is 17.3. The van der Waals surface area contributed by atoms with E-state index in [1.54, 1.807) is 19.9 Å². The van der Waals surface area contributed by atoms with Gasteiger partial charge in [-0.25, -0.2) is 4.99 Å². The molecule has 0 aliphatic carbocycles. The summed E-state index contributed by atoms with van der Waals surface area (Å²) >= 11 is 0. The van der Waals surface area contributed by atoms with E-state index >= 15 is 0 Å². The zero-order chi connectivity index (χ0) is 19.9. The van der Waals surface area contributed by atoms with Crippen LogP contribution < -0.4 is 10.6 Å². The highest BCUT2D eigenvalue weighted by molar-refractivity contribution is 14.0. The Bertz CT molecular complexity index is 639. The predicted molar refractivity (Wildman–Crippen MR) is 121 cm³/mol. The number of hydrogen-bond donors (Lipinski definition) is 3. The van der Waals surface area contributed by atoms with Crippen molar-refractivity contribution in [2.24, 2.45) is 4.99 Å². The molecule has 3 N–H and O–H groups in total. The number of nitrogens with zero attached hydrogens (tertiary/aromatic N) is 3. The monoisotopic (exact) mass is 507 g/mol. The lowest BCUT2D eigenvalue weighted by Crippen LogP contribution is -2.50. The number of piperazine rings is 1. The number of carbonyl (C=O) groups excluding carboxylic acids is 1. The van der Waals surface area contributed by atoms with E-state index in [4.69, 9.17) is 4.42 Å². The third-order valence-corrected chi connectivity index (χ3v) is 4.70. The number of hydrogen-bond acceptors (Lipinski definition) is 5. The van der Waals surface area contributed by atoms with E-state index in [1.165, 1.54) is 0 Å². The number of halogens is 1. The first-order chi connectivity index (χ1) is 12.8. The van der Waals surface area contributed by atoms with Crippen molar-refractivity contribution in [1.82, 2.24) is 20.4 Å². The van der Waals surface area contributed by atoms with Gasteiger partial charge in [0.2, 0.25) is 5.91 Å². The minimum Gasteiger partial charge on any atom is -0.463 e. The first-order valence-corrected chi connectivity index (χ1v) is 9.61. The van der Waals surface area contributed by atoms with Crippen LogP contribution in [-0.4, -0.2) is 79.1 Å². The number of guanidine groups is 1. The van der Waals surface area contributed by atoms with Crippen molar-refractivity contribution in [3.8, 4) is 0 Å². The van der Waals surface area contributed by atoms with Gasteiger partial charge in [-0.15, -0.1) is 24.0 Å². The Balaban J connectivity index is 0.00000392. The average Bonchev–Trinajstić information content (AvgIpc) is 3.07. The topological polar surface area (TPSA) is 93.3 Å². The summed E-state index contributed by atoms with van der Waals surface area (Å²) in [5.41, 5.74) is -1.15. The van der Waals surface area contributed by atoms with Gasteiger partial charge in [0.05, 0.1) is 6.54 Å². The minimum atomic E-state index is -1.15. The zero-order valence-corrected chi connectivity index (χ0v) is 19.7. The van der Waals surface area contributed by atoms with Crippen LogP contribution in [0.1, 0.15) is 32.3 Å². The highest BCUT2D eigenvalue weighted by Crippen LogP contribution is 2.22. The van der Waals surface area contributed by atoms with Gasteiger partial charge in [0.25, 0.3) is 0 Å². The van der Waals surface area contributed by atoms with E-state index in [9.17, 15) is 9.90 Å². The third-order valence-electron chi connectivity index (χ3n) is 4.70. The van der Waals surface area contributed by atoms with E-state index in [1.807, 2.05) is 24.8 Å². The second-order valence-corrected chi connectivity index (χ2v) is 7.15. The van der Waals surface area contributed by atoms with Crippen molar-refractivity contribution in [3.63, 3.8) is 0 Å². The second-order valence-electron chi connectivity index (χ2n) is 7.15. The largest absolute Gasteiger partial charge is 0.463 e. The van der Waals surface area contributed by atoms with Gasteiger partial charge in [0.1, 0.15) is 17.1 Å². The van der Waals surface area contributed by atoms with Crippen LogP contribution in [0.2, 0.25) is 0 Å². The van der Waals surface area contributed by atoms with Gasteiger partial charge >= 0.3 is 0 Å². The number of rotatable bonds is 7. The van der Waals surface area contributed by atoms with Crippen molar-refractivity contribution in [2.75, 3.05) is 52.4 Å². The van der Waals surface area contributed by atoms with Crippen LogP contribution in [0.15, 0.2) is 21.5 Å². The number of furan rings is 1. The van der Waals surface area contributed by atoms with Crippen LogP contribution in [0.5, 0.6) is 0 Å². The molecule has 1 aromatic heterocycles. The first kappa shape index (κ1) is 24.7. The molecule has 0 aromatic carbocycles. The molecular formula is C19H34IN5O3. The molecule has 2 rings (SSSR count). The van der Waals surface area contributed by atoms with E-state index in [0.29, 0.717) is 11.7 Å². The fourth-order valence-electron chi connectivity index (χ4n) is 3.00. The van der Waals surface area contributed by atoms with Crippen molar-refractivity contribution >= 4 is 35.8 Å². The van der Waals surface area contributed by atoms with Crippen LogP contribution in [0.4, 0.5) is 0 Å². The summed E-state index contributed by atoms with van der Waals surface area (Å²) in [6, 6.07) is 3.62. The number of aryl methyl sites for hydroxylation is 1. The highest BCUT2D eigenvalue weighted by atomic mass is 127. The molecule has 1 saturated heterocycles. The van der Waals surface area contributed by atoms with Gasteiger partial charge in [-0.3, -0.25) is 9.69 Å². The van der Waals surface area contributed by atoms with Crippen LogP contribution in [0, 0.1) is 6.92 Å². The fourth-order valence-corrected chi connectivity index (χ4v) is 3.00. The Hall–Kier alpha value is -1.33. The Morgan fingerprint density at radius 2 is 1.96 bits per heavy atom. The summed E-state index contributed by atoms with van der Waals surface area (Å²) in [5, 5.41) is 17.1. The number of amides is 1. The molecule has 28 heavy (non-hydrogen) atoms. The molecule has 1 aliphatic heterocycles. The number of carbonyl (C=O) groups is 1. The van der Waals surface area contributed by atoms with Gasteiger partial charge < -0.3 is 25.1 Å². The van der Waals surface area contributed by atoms with Gasteiger partial charge in [0.15, 0.2) is 5.96 Å². The van der Waals surface area contributed by atoms with Crippen molar-refractivity contribution in [2.45, 2.75) is 33.3 Å². The van der Waals surface area contributed by atoms with Crippen molar-refractivity contribution < 1.29 is 14.3 Å². The molecule has 0 spiro atoms. The lowest BCUT2D eigenvalue weighted by molar-refractivity contribution is -0.130. The van der Waals surface area contributed by atoms with Crippen LogP contribution in [-0.2, 0) is 10.4 Å². The van der Waals surface area contributed by atoms with Crippen LogP contribution in [0.3, 0.4) is 0 Å². The molecule has 0 saturated carbocycles. The molecule has 1 aromatic rings. The molecule has 0 radical (unpaired) electrons. The summed E-state index contributed by atoms with van der Waals surface area (Å²) in [6.07, 6.45) is 0. The number of aliphatic imine (C=N–C) groups is 1. The lowest BCUT2D eigenvalue weighted by atomic mass is 10.0. The van der Waals surface area contributed by atoms with E-state index < -0.39 is 5.60 Å². The lowest BCUT2D eigenvalue weighted by Gasteiger charge is -2.34. The maximum Gasteiger partial charge on any atom is 0.219 e. The second kappa shape index (κ2) is 11.6. The fraction of sp³-hybridized carbons (Fsp3) is 0.684. The van der Waals surface area contributed by atoms with Crippen molar-refractivity contribution in [1.29, 1.82) is 0 Å². The van der Waals surface area contributed by atoms with E-state index in [2.05, 4.69) is 20.5 Å². The Morgan fingerprint density at radius 3 is 2.50 bits per heavy atom. The summed E-state index contributed by atoms with van der Waals surface area (Å²) in [4.78, 5) is 20.1.